The standard InChI is InChI=1S/C18H14FN7O2S/c19-12-5-2-1-4-11(12)17-22-20-13-7-8-15(24-26(13)17)29-18-23-21-14(28-18)10-25-9-3-6-16(25)27/h1-2,4-5,7-8H,3,6,9-10H2. The summed E-state index contributed by atoms with van der Waals surface area (Å²) in [4.78, 5) is 13.4. The number of halogens is 1. The van der Waals surface area contributed by atoms with Gasteiger partial charge in [-0.2, -0.15) is 9.61 Å². The van der Waals surface area contributed by atoms with Gasteiger partial charge in [-0.25, -0.2) is 4.39 Å². The molecule has 0 aliphatic carbocycles. The zero-order valence-corrected chi connectivity index (χ0v) is 15.8. The van der Waals surface area contributed by atoms with E-state index in [0.29, 0.717) is 52.7 Å². The molecule has 4 heterocycles. The fraction of sp³-hybridized carbons (Fsp3) is 0.222. The first-order chi connectivity index (χ1) is 14.2. The summed E-state index contributed by atoms with van der Waals surface area (Å²) in [6.45, 7) is 1.01. The quantitative estimate of drug-likeness (QED) is 0.494. The van der Waals surface area contributed by atoms with E-state index >= 15 is 0 Å². The van der Waals surface area contributed by atoms with Gasteiger partial charge in [0, 0.05) is 13.0 Å². The second kappa shape index (κ2) is 7.24. The van der Waals surface area contributed by atoms with Gasteiger partial charge < -0.3 is 9.32 Å². The number of fused-ring (bicyclic) bond motifs is 1. The number of hydrogen-bond donors (Lipinski definition) is 0. The molecule has 1 aromatic carbocycles. The number of nitrogens with zero attached hydrogens (tertiary/aromatic N) is 7. The van der Waals surface area contributed by atoms with Crippen LogP contribution in [0.25, 0.3) is 17.0 Å². The van der Waals surface area contributed by atoms with E-state index in [0.717, 1.165) is 6.42 Å². The molecular weight excluding hydrogens is 397 g/mol. The van der Waals surface area contributed by atoms with Gasteiger partial charge in [0.2, 0.25) is 11.8 Å². The van der Waals surface area contributed by atoms with Gasteiger partial charge in [0.15, 0.2) is 11.5 Å². The van der Waals surface area contributed by atoms with Crippen LogP contribution in [-0.2, 0) is 11.3 Å². The van der Waals surface area contributed by atoms with Crippen molar-refractivity contribution in [2.24, 2.45) is 0 Å². The third-order valence-electron chi connectivity index (χ3n) is 4.49. The topological polar surface area (TPSA) is 102 Å². The molecule has 0 unspecified atom stereocenters. The van der Waals surface area contributed by atoms with Gasteiger partial charge in [-0.3, -0.25) is 4.79 Å². The van der Waals surface area contributed by atoms with Crippen LogP contribution >= 0.6 is 11.8 Å². The van der Waals surface area contributed by atoms with Crippen molar-refractivity contribution in [3.63, 3.8) is 0 Å². The first-order valence-electron chi connectivity index (χ1n) is 8.93. The summed E-state index contributed by atoms with van der Waals surface area (Å²) in [5.74, 6) is 0.372. The number of hydrogen-bond acceptors (Lipinski definition) is 8. The SMILES string of the molecule is O=C1CCCN1Cc1nnc(Sc2ccc3nnc(-c4ccccc4F)n3n2)o1. The van der Waals surface area contributed by atoms with Crippen LogP contribution in [0.3, 0.4) is 0 Å². The van der Waals surface area contributed by atoms with Gasteiger partial charge in [0.05, 0.1) is 12.1 Å². The Morgan fingerprint density at radius 2 is 2.00 bits per heavy atom. The lowest BCUT2D eigenvalue weighted by Gasteiger charge is -2.11. The van der Waals surface area contributed by atoms with Gasteiger partial charge in [-0.1, -0.05) is 12.1 Å². The van der Waals surface area contributed by atoms with Gasteiger partial charge in [-0.15, -0.1) is 20.4 Å². The zero-order chi connectivity index (χ0) is 19.8. The van der Waals surface area contributed by atoms with E-state index in [9.17, 15) is 9.18 Å². The molecule has 1 amide bonds. The van der Waals surface area contributed by atoms with Gasteiger partial charge >= 0.3 is 0 Å². The van der Waals surface area contributed by atoms with Crippen LogP contribution < -0.4 is 0 Å². The smallest absolute Gasteiger partial charge is 0.283 e. The molecule has 146 valence electrons. The van der Waals surface area contributed by atoms with Crippen molar-refractivity contribution in [2.45, 2.75) is 29.6 Å². The maximum atomic E-state index is 14.2. The van der Waals surface area contributed by atoms with E-state index in [-0.39, 0.29) is 5.91 Å². The lowest BCUT2D eigenvalue weighted by molar-refractivity contribution is -0.128. The molecule has 1 aliphatic heterocycles. The van der Waals surface area contributed by atoms with Crippen molar-refractivity contribution in [3.05, 3.63) is 48.1 Å². The number of carbonyl (C=O) groups is 1. The minimum absolute atomic E-state index is 0.0952. The third-order valence-corrected chi connectivity index (χ3v) is 5.26. The Bertz CT molecular complexity index is 1210. The van der Waals surface area contributed by atoms with Crippen molar-refractivity contribution >= 4 is 23.3 Å². The molecule has 0 saturated carbocycles. The van der Waals surface area contributed by atoms with Gasteiger partial charge in [0.1, 0.15) is 10.8 Å². The number of rotatable bonds is 5. The maximum absolute atomic E-state index is 14.2. The molecule has 0 spiro atoms. The highest BCUT2D eigenvalue weighted by Gasteiger charge is 2.22. The lowest BCUT2D eigenvalue weighted by atomic mass is 10.2. The van der Waals surface area contributed by atoms with Crippen molar-refractivity contribution in [2.75, 3.05) is 6.54 Å². The van der Waals surface area contributed by atoms with Crippen molar-refractivity contribution in [3.8, 4) is 11.4 Å². The Hall–Kier alpha value is -3.34. The predicted molar refractivity (Wildman–Crippen MR) is 99.2 cm³/mol. The summed E-state index contributed by atoms with van der Waals surface area (Å²) in [6.07, 6.45) is 1.41. The summed E-state index contributed by atoms with van der Waals surface area (Å²) in [7, 11) is 0. The summed E-state index contributed by atoms with van der Waals surface area (Å²) in [5, 5.41) is 21.4. The Morgan fingerprint density at radius 3 is 2.83 bits per heavy atom. The Morgan fingerprint density at radius 1 is 1.10 bits per heavy atom. The molecule has 1 aliphatic rings. The first-order valence-corrected chi connectivity index (χ1v) is 9.74. The van der Waals surface area contributed by atoms with Crippen LogP contribution in [0.1, 0.15) is 18.7 Å². The first kappa shape index (κ1) is 17.7. The molecular formula is C18H14FN7O2S. The minimum atomic E-state index is -0.403. The van der Waals surface area contributed by atoms with Gasteiger partial charge in [-0.05, 0) is 42.4 Å². The fourth-order valence-corrected chi connectivity index (χ4v) is 3.76. The highest BCUT2D eigenvalue weighted by molar-refractivity contribution is 7.99. The van der Waals surface area contributed by atoms with E-state index in [4.69, 9.17) is 4.42 Å². The molecule has 0 bridgehead atoms. The second-order valence-electron chi connectivity index (χ2n) is 6.43. The Kier molecular flexibility index (Phi) is 4.43. The molecule has 3 aromatic heterocycles. The van der Waals surface area contributed by atoms with E-state index < -0.39 is 5.82 Å². The Balaban J connectivity index is 1.39. The number of likely N-dealkylation sites (tertiary alicyclic amines) is 1. The molecule has 1 fully saturated rings. The minimum Gasteiger partial charge on any atom is -0.414 e. The fourth-order valence-electron chi connectivity index (χ4n) is 3.10. The summed E-state index contributed by atoms with van der Waals surface area (Å²) < 4.78 is 21.3. The zero-order valence-electron chi connectivity index (χ0n) is 15.0. The van der Waals surface area contributed by atoms with Crippen molar-refractivity contribution < 1.29 is 13.6 Å². The molecule has 29 heavy (non-hydrogen) atoms. The monoisotopic (exact) mass is 411 g/mol. The van der Waals surface area contributed by atoms with E-state index in [1.807, 2.05) is 0 Å². The van der Waals surface area contributed by atoms with Crippen LogP contribution in [-0.4, -0.2) is 47.4 Å². The lowest BCUT2D eigenvalue weighted by Crippen LogP contribution is -2.23. The van der Waals surface area contributed by atoms with Crippen LogP contribution in [0.5, 0.6) is 0 Å². The van der Waals surface area contributed by atoms with Crippen molar-refractivity contribution in [1.82, 2.24) is 34.9 Å². The van der Waals surface area contributed by atoms with E-state index in [1.165, 1.54) is 22.3 Å². The van der Waals surface area contributed by atoms with Crippen molar-refractivity contribution in [1.29, 1.82) is 0 Å². The molecule has 0 radical (unpaired) electrons. The number of amides is 1. The third kappa shape index (κ3) is 3.44. The average Bonchev–Trinajstić information content (AvgIpc) is 3.44. The molecule has 9 nitrogen and oxygen atoms in total. The summed E-state index contributed by atoms with van der Waals surface area (Å²) >= 11 is 1.17. The summed E-state index contributed by atoms with van der Waals surface area (Å²) in [5.41, 5.74) is 0.802. The molecule has 0 N–H and O–H groups in total. The van der Waals surface area contributed by atoms with Crippen LogP contribution in [0.15, 0.2) is 51.1 Å². The van der Waals surface area contributed by atoms with E-state index in [2.05, 4.69) is 25.5 Å². The Labute approximate surface area is 167 Å². The largest absolute Gasteiger partial charge is 0.414 e. The highest BCUT2D eigenvalue weighted by Crippen LogP contribution is 2.27. The number of benzene rings is 1. The van der Waals surface area contributed by atoms with Crippen LogP contribution in [0.2, 0.25) is 0 Å². The number of carbonyl (C=O) groups excluding carboxylic acids is 1. The molecule has 1 saturated heterocycles. The second-order valence-corrected chi connectivity index (χ2v) is 7.40. The molecule has 11 heteroatoms. The normalized spacial score (nSPS) is 14.2. The predicted octanol–water partition coefficient (Wildman–Crippen LogP) is 2.59. The van der Waals surface area contributed by atoms with Crippen LogP contribution in [0.4, 0.5) is 4.39 Å². The van der Waals surface area contributed by atoms with E-state index in [1.54, 1.807) is 35.2 Å². The highest BCUT2D eigenvalue weighted by atomic mass is 32.2. The molecule has 0 atom stereocenters. The average molecular weight is 411 g/mol. The van der Waals surface area contributed by atoms with Crippen LogP contribution in [0, 0.1) is 5.82 Å². The molecule has 5 rings (SSSR count). The molecule has 4 aromatic rings. The maximum Gasteiger partial charge on any atom is 0.283 e. The van der Waals surface area contributed by atoms with Gasteiger partial charge in [0.25, 0.3) is 5.22 Å². The summed E-state index contributed by atoms with van der Waals surface area (Å²) in [6, 6.07) is 9.79. The number of aromatic nitrogens is 6.